The number of hydrogen-bond acceptors (Lipinski definition) is 8. The number of amides is 2. The third-order valence-electron chi connectivity index (χ3n) is 7.76. The van der Waals surface area contributed by atoms with Gasteiger partial charge in [-0.15, -0.1) is 5.10 Å². The molecular formula is C27H34ClN9O2. The molecule has 12 heteroatoms. The van der Waals surface area contributed by atoms with Gasteiger partial charge in [0.15, 0.2) is 11.3 Å². The summed E-state index contributed by atoms with van der Waals surface area (Å²) in [5.74, 6) is 0.687. The standard InChI is InChI=1S/C27H34ClN9O2/c28-23-13-20(9-12-30-23)35-27(39)22-15-31-25-21(32-17-1-2-17)14-24(36-37(22)25)33-18-3-5-19(6-4-18)34-26(38)16-7-10-29-11-8-16/h9,12-19,29,32H,1-8,10-11H2,(H,33,36)(H,34,38)(H,30,35,39). The van der Waals surface area contributed by atoms with Crippen molar-refractivity contribution in [1.82, 2.24) is 30.2 Å². The van der Waals surface area contributed by atoms with Gasteiger partial charge in [0.2, 0.25) is 5.91 Å². The fraction of sp³-hybridized carbons (Fsp3) is 0.519. The summed E-state index contributed by atoms with van der Waals surface area (Å²) in [4.78, 5) is 34.3. The van der Waals surface area contributed by atoms with Crippen molar-refractivity contribution in [2.45, 2.75) is 69.5 Å². The van der Waals surface area contributed by atoms with Crippen molar-refractivity contribution in [2.24, 2.45) is 5.92 Å². The van der Waals surface area contributed by atoms with Gasteiger partial charge < -0.3 is 26.6 Å². The number of aromatic nitrogens is 4. The van der Waals surface area contributed by atoms with E-state index in [1.54, 1.807) is 22.8 Å². The molecule has 3 fully saturated rings. The second kappa shape index (κ2) is 11.4. The molecule has 0 spiro atoms. The lowest BCUT2D eigenvalue weighted by Crippen LogP contribution is -2.45. The van der Waals surface area contributed by atoms with E-state index >= 15 is 0 Å². The number of pyridine rings is 1. The summed E-state index contributed by atoms with van der Waals surface area (Å²) in [7, 11) is 0. The Morgan fingerprint density at radius 2 is 1.64 bits per heavy atom. The minimum absolute atomic E-state index is 0.132. The van der Waals surface area contributed by atoms with Crippen LogP contribution >= 0.6 is 11.6 Å². The van der Waals surface area contributed by atoms with Crippen LogP contribution in [0.25, 0.3) is 5.65 Å². The SMILES string of the molecule is O=C(Nc1ccnc(Cl)c1)c1cnc2c(NC3CC3)cc(NC3CCC(NC(=O)C4CCNCC4)CC3)nn12. The summed E-state index contributed by atoms with van der Waals surface area (Å²) in [6, 6.07) is 6.12. The maximum atomic E-state index is 13.1. The van der Waals surface area contributed by atoms with Gasteiger partial charge in [0.05, 0.1) is 11.9 Å². The van der Waals surface area contributed by atoms with Gasteiger partial charge in [-0.25, -0.2) is 14.5 Å². The molecule has 1 aliphatic heterocycles. The van der Waals surface area contributed by atoms with Crippen molar-refractivity contribution < 1.29 is 9.59 Å². The zero-order chi connectivity index (χ0) is 26.8. The normalized spacial score (nSPS) is 21.9. The smallest absolute Gasteiger partial charge is 0.276 e. The van der Waals surface area contributed by atoms with Crippen molar-refractivity contribution in [3.05, 3.63) is 41.4 Å². The molecule has 4 heterocycles. The number of hydrogen-bond donors (Lipinski definition) is 5. The number of carbonyl (C=O) groups excluding carboxylic acids is 2. The van der Waals surface area contributed by atoms with Gasteiger partial charge in [0.1, 0.15) is 11.0 Å². The summed E-state index contributed by atoms with van der Waals surface area (Å²) in [6.07, 6.45) is 10.9. The average molecular weight is 552 g/mol. The van der Waals surface area contributed by atoms with E-state index in [9.17, 15) is 9.59 Å². The fourth-order valence-corrected chi connectivity index (χ4v) is 5.59. The van der Waals surface area contributed by atoms with Crippen molar-refractivity contribution in [1.29, 1.82) is 0 Å². The number of piperidine rings is 1. The van der Waals surface area contributed by atoms with E-state index in [-0.39, 0.29) is 29.8 Å². The van der Waals surface area contributed by atoms with Crippen LogP contribution in [0.15, 0.2) is 30.6 Å². The molecule has 39 heavy (non-hydrogen) atoms. The number of halogens is 1. The molecule has 5 N–H and O–H groups in total. The number of fused-ring (bicyclic) bond motifs is 1. The van der Waals surface area contributed by atoms with Crippen LogP contribution in [-0.4, -0.2) is 62.6 Å². The highest BCUT2D eigenvalue weighted by molar-refractivity contribution is 6.29. The van der Waals surface area contributed by atoms with Crippen LogP contribution in [0.1, 0.15) is 61.9 Å². The molecule has 0 atom stereocenters. The Morgan fingerprint density at radius 3 is 2.38 bits per heavy atom. The van der Waals surface area contributed by atoms with Gasteiger partial charge in [-0.05, 0) is 76.6 Å². The summed E-state index contributed by atoms with van der Waals surface area (Å²) in [5, 5.41) is 21.6. The van der Waals surface area contributed by atoms with Crippen LogP contribution in [0.2, 0.25) is 5.15 Å². The first-order valence-electron chi connectivity index (χ1n) is 13.9. The third kappa shape index (κ3) is 6.25. The minimum atomic E-state index is -0.336. The number of imidazole rings is 1. The Hall–Kier alpha value is -3.44. The van der Waals surface area contributed by atoms with Crippen molar-refractivity contribution in [3.63, 3.8) is 0 Å². The van der Waals surface area contributed by atoms with Gasteiger partial charge in [-0.1, -0.05) is 11.6 Å². The monoisotopic (exact) mass is 551 g/mol. The summed E-state index contributed by atoms with van der Waals surface area (Å²) in [6.45, 7) is 1.84. The number of nitrogens with one attached hydrogen (secondary N) is 5. The van der Waals surface area contributed by atoms with Crippen LogP contribution in [0.4, 0.5) is 17.2 Å². The predicted octanol–water partition coefficient (Wildman–Crippen LogP) is 3.44. The lowest BCUT2D eigenvalue weighted by molar-refractivity contribution is -0.126. The lowest BCUT2D eigenvalue weighted by Gasteiger charge is -2.31. The number of anilines is 3. The van der Waals surface area contributed by atoms with Gasteiger partial charge >= 0.3 is 0 Å². The molecule has 1 saturated heterocycles. The zero-order valence-corrected chi connectivity index (χ0v) is 22.5. The van der Waals surface area contributed by atoms with E-state index in [1.165, 1.54) is 6.20 Å². The van der Waals surface area contributed by atoms with Crippen LogP contribution in [0.5, 0.6) is 0 Å². The second-order valence-corrected chi connectivity index (χ2v) is 11.2. The van der Waals surface area contributed by atoms with E-state index in [1.807, 2.05) is 6.07 Å². The lowest BCUT2D eigenvalue weighted by atomic mass is 9.90. The molecule has 3 aliphatic rings. The van der Waals surface area contributed by atoms with E-state index in [0.29, 0.717) is 34.0 Å². The molecule has 3 aromatic heterocycles. The van der Waals surface area contributed by atoms with Crippen molar-refractivity contribution in [2.75, 3.05) is 29.0 Å². The third-order valence-corrected chi connectivity index (χ3v) is 7.96. The number of rotatable bonds is 8. The first kappa shape index (κ1) is 25.8. The summed E-state index contributed by atoms with van der Waals surface area (Å²) >= 11 is 5.97. The van der Waals surface area contributed by atoms with E-state index in [0.717, 1.165) is 70.1 Å². The summed E-state index contributed by atoms with van der Waals surface area (Å²) in [5.41, 5.74) is 2.33. The highest BCUT2D eigenvalue weighted by Gasteiger charge is 2.28. The quantitative estimate of drug-likeness (QED) is 0.268. The molecule has 3 aromatic rings. The van der Waals surface area contributed by atoms with E-state index in [4.69, 9.17) is 16.7 Å². The van der Waals surface area contributed by atoms with Crippen LogP contribution in [0.3, 0.4) is 0 Å². The Labute approximate surface area is 231 Å². The van der Waals surface area contributed by atoms with Crippen LogP contribution in [-0.2, 0) is 4.79 Å². The number of nitrogens with zero attached hydrogens (tertiary/aromatic N) is 4. The molecule has 0 aromatic carbocycles. The first-order valence-corrected chi connectivity index (χ1v) is 14.3. The van der Waals surface area contributed by atoms with Gasteiger partial charge in [0.25, 0.3) is 5.91 Å². The van der Waals surface area contributed by atoms with Crippen molar-refractivity contribution in [3.8, 4) is 0 Å². The molecule has 11 nitrogen and oxygen atoms in total. The Morgan fingerprint density at radius 1 is 0.923 bits per heavy atom. The van der Waals surface area contributed by atoms with Gasteiger partial charge in [-0.3, -0.25) is 9.59 Å². The minimum Gasteiger partial charge on any atom is -0.379 e. The Bertz CT molecular complexity index is 1340. The molecule has 2 aliphatic carbocycles. The molecule has 2 amide bonds. The first-order chi connectivity index (χ1) is 19.0. The van der Waals surface area contributed by atoms with Gasteiger partial charge in [0, 0.05) is 42.0 Å². The van der Waals surface area contributed by atoms with Crippen LogP contribution in [0, 0.1) is 5.92 Å². The van der Waals surface area contributed by atoms with E-state index in [2.05, 4.69) is 36.6 Å². The highest BCUT2D eigenvalue weighted by Crippen LogP contribution is 2.30. The fourth-order valence-electron chi connectivity index (χ4n) is 5.42. The molecule has 2 saturated carbocycles. The molecular weight excluding hydrogens is 518 g/mol. The zero-order valence-electron chi connectivity index (χ0n) is 21.8. The molecule has 206 valence electrons. The molecule has 0 bridgehead atoms. The molecule has 0 unspecified atom stereocenters. The highest BCUT2D eigenvalue weighted by atomic mass is 35.5. The molecule has 0 radical (unpaired) electrons. The van der Waals surface area contributed by atoms with Crippen LogP contribution < -0.4 is 26.6 Å². The molecule has 6 rings (SSSR count). The van der Waals surface area contributed by atoms with Gasteiger partial charge in [-0.2, -0.15) is 0 Å². The average Bonchev–Trinajstić information content (AvgIpc) is 3.65. The van der Waals surface area contributed by atoms with Crippen molar-refractivity contribution >= 4 is 46.3 Å². The second-order valence-electron chi connectivity index (χ2n) is 10.8. The maximum absolute atomic E-state index is 13.1. The number of carbonyl (C=O) groups is 2. The topological polar surface area (TPSA) is 137 Å². The van der Waals surface area contributed by atoms with E-state index < -0.39 is 0 Å². The Balaban J connectivity index is 1.14. The largest absolute Gasteiger partial charge is 0.379 e. The Kier molecular flexibility index (Phi) is 7.51. The maximum Gasteiger partial charge on any atom is 0.276 e. The predicted molar refractivity (Wildman–Crippen MR) is 150 cm³/mol. The summed E-state index contributed by atoms with van der Waals surface area (Å²) < 4.78 is 1.59.